The van der Waals surface area contributed by atoms with Gasteiger partial charge in [0.05, 0.1) is 11.9 Å². The van der Waals surface area contributed by atoms with Crippen molar-refractivity contribution >= 4 is 17.4 Å². The van der Waals surface area contributed by atoms with Crippen LogP contribution in [-0.2, 0) is 5.41 Å². The molecule has 0 bridgehead atoms. The van der Waals surface area contributed by atoms with Gasteiger partial charge in [-0.15, -0.1) is 5.10 Å². The van der Waals surface area contributed by atoms with Crippen molar-refractivity contribution in [3.8, 4) is 0 Å². The molecule has 2 aromatic heterocycles. The van der Waals surface area contributed by atoms with Crippen LogP contribution < -0.4 is 5.32 Å². The van der Waals surface area contributed by atoms with E-state index in [2.05, 4.69) is 36.2 Å². The molecule has 0 aliphatic rings. The van der Waals surface area contributed by atoms with Crippen molar-refractivity contribution in [1.82, 2.24) is 14.6 Å². The molecular formula is C17H17FN4O. The summed E-state index contributed by atoms with van der Waals surface area (Å²) in [5.74, 6) is -0.484. The number of hydrogen-bond donors (Lipinski definition) is 1. The van der Waals surface area contributed by atoms with Crippen molar-refractivity contribution in [3.63, 3.8) is 0 Å². The lowest BCUT2D eigenvalue weighted by Gasteiger charge is -2.13. The van der Waals surface area contributed by atoms with Gasteiger partial charge in [-0.25, -0.2) is 13.9 Å². The van der Waals surface area contributed by atoms with E-state index in [9.17, 15) is 9.18 Å². The topological polar surface area (TPSA) is 59.3 Å². The largest absolute Gasteiger partial charge is 0.305 e. The highest BCUT2D eigenvalue weighted by molar-refractivity contribution is 6.03. The average molecular weight is 312 g/mol. The third-order valence-electron chi connectivity index (χ3n) is 3.42. The Morgan fingerprint density at radius 1 is 1.22 bits per heavy atom. The number of rotatable bonds is 2. The zero-order chi connectivity index (χ0) is 16.6. The quantitative estimate of drug-likeness (QED) is 0.789. The lowest BCUT2D eigenvalue weighted by Crippen LogP contribution is -2.14. The minimum absolute atomic E-state index is 0.0846. The first kappa shape index (κ1) is 15.1. The fraction of sp³-hybridized carbons (Fsp3) is 0.235. The van der Waals surface area contributed by atoms with Gasteiger partial charge in [-0.05, 0) is 30.3 Å². The molecule has 0 spiro atoms. The summed E-state index contributed by atoms with van der Waals surface area (Å²) in [6.07, 6.45) is 1.84. The number of halogens is 1. The number of amides is 1. The number of nitrogens with zero attached hydrogens (tertiary/aromatic N) is 3. The van der Waals surface area contributed by atoms with Crippen LogP contribution in [0.1, 0.15) is 36.8 Å². The number of aromatic nitrogens is 3. The van der Waals surface area contributed by atoms with Gasteiger partial charge in [-0.1, -0.05) is 26.8 Å². The highest BCUT2D eigenvalue weighted by atomic mass is 19.1. The molecule has 0 saturated heterocycles. The number of carbonyl (C=O) groups is 1. The summed E-state index contributed by atoms with van der Waals surface area (Å²) in [6, 6.07) is 8.97. The Morgan fingerprint density at radius 3 is 2.70 bits per heavy atom. The van der Waals surface area contributed by atoms with E-state index in [0.29, 0.717) is 11.5 Å². The summed E-state index contributed by atoms with van der Waals surface area (Å²) in [6.45, 7) is 6.21. The van der Waals surface area contributed by atoms with Crippen molar-refractivity contribution in [2.75, 3.05) is 5.32 Å². The molecule has 0 atom stereocenters. The number of benzene rings is 1. The zero-order valence-corrected chi connectivity index (χ0v) is 13.2. The molecule has 3 aromatic rings. The van der Waals surface area contributed by atoms with Crippen LogP contribution in [0.2, 0.25) is 0 Å². The van der Waals surface area contributed by atoms with Gasteiger partial charge in [0.15, 0.2) is 11.5 Å². The molecule has 2 heterocycles. The molecule has 0 aliphatic carbocycles. The van der Waals surface area contributed by atoms with Crippen molar-refractivity contribution < 1.29 is 9.18 Å². The first-order valence-electron chi connectivity index (χ1n) is 7.27. The van der Waals surface area contributed by atoms with E-state index in [4.69, 9.17) is 0 Å². The summed E-state index contributed by atoms with van der Waals surface area (Å²) in [7, 11) is 0. The minimum atomic E-state index is -0.453. The van der Waals surface area contributed by atoms with Gasteiger partial charge in [0.25, 0.3) is 5.91 Å². The van der Waals surface area contributed by atoms with Gasteiger partial charge >= 0.3 is 0 Å². The Labute approximate surface area is 133 Å². The predicted molar refractivity (Wildman–Crippen MR) is 86.0 cm³/mol. The summed E-state index contributed by atoms with van der Waals surface area (Å²) in [5.41, 5.74) is 1.78. The monoisotopic (exact) mass is 312 g/mol. The van der Waals surface area contributed by atoms with Gasteiger partial charge in [0.2, 0.25) is 0 Å². The summed E-state index contributed by atoms with van der Waals surface area (Å²) >= 11 is 0. The van der Waals surface area contributed by atoms with Crippen LogP contribution in [0, 0.1) is 5.82 Å². The molecular weight excluding hydrogens is 295 g/mol. The summed E-state index contributed by atoms with van der Waals surface area (Å²) in [5, 5.41) is 6.99. The van der Waals surface area contributed by atoms with Crippen LogP contribution >= 0.6 is 0 Å². The van der Waals surface area contributed by atoms with Crippen molar-refractivity contribution in [2.45, 2.75) is 26.2 Å². The molecule has 118 valence electrons. The first-order valence-corrected chi connectivity index (χ1v) is 7.27. The average Bonchev–Trinajstić information content (AvgIpc) is 2.90. The van der Waals surface area contributed by atoms with E-state index < -0.39 is 11.7 Å². The normalized spacial score (nSPS) is 11.7. The number of carbonyl (C=O) groups excluding carboxylic acids is 1. The van der Waals surface area contributed by atoms with Crippen LogP contribution in [0.3, 0.4) is 0 Å². The Morgan fingerprint density at radius 2 is 2.00 bits per heavy atom. The van der Waals surface area contributed by atoms with Crippen LogP contribution in [0.4, 0.5) is 10.2 Å². The SMILES string of the molecule is CC(C)(C)c1cn2nc(NC(=O)c3cccc(F)c3)ccc2n1. The third-order valence-corrected chi connectivity index (χ3v) is 3.42. The maximum Gasteiger partial charge on any atom is 0.256 e. The predicted octanol–water partition coefficient (Wildman–Crippen LogP) is 3.42. The molecule has 5 nitrogen and oxygen atoms in total. The standard InChI is InChI=1S/C17H17FN4O/c1-17(2,3)13-10-22-15(19-13)8-7-14(21-22)20-16(23)11-5-4-6-12(18)9-11/h4-10H,1-3H3,(H,20,21,23). The maximum absolute atomic E-state index is 13.2. The maximum atomic E-state index is 13.2. The van der Waals surface area contributed by atoms with Crippen LogP contribution in [0.15, 0.2) is 42.6 Å². The minimum Gasteiger partial charge on any atom is -0.305 e. The Hall–Kier alpha value is -2.76. The Kier molecular flexibility index (Phi) is 3.60. The lowest BCUT2D eigenvalue weighted by atomic mass is 9.93. The molecule has 0 fully saturated rings. The molecule has 6 heteroatoms. The van der Waals surface area contributed by atoms with Crippen LogP contribution in [0.5, 0.6) is 0 Å². The van der Waals surface area contributed by atoms with Crippen molar-refractivity contribution in [1.29, 1.82) is 0 Å². The second-order valence-corrected chi connectivity index (χ2v) is 6.36. The highest BCUT2D eigenvalue weighted by Crippen LogP contribution is 2.21. The van der Waals surface area contributed by atoms with E-state index in [1.807, 2.05) is 6.20 Å². The first-order chi connectivity index (χ1) is 10.8. The molecule has 0 unspecified atom stereocenters. The number of imidazole rings is 1. The Bertz CT molecular complexity index is 880. The van der Waals surface area contributed by atoms with E-state index in [-0.39, 0.29) is 11.0 Å². The van der Waals surface area contributed by atoms with Gasteiger partial charge in [-0.2, -0.15) is 0 Å². The summed E-state index contributed by atoms with van der Waals surface area (Å²) < 4.78 is 14.8. The fourth-order valence-electron chi connectivity index (χ4n) is 2.13. The smallest absolute Gasteiger partial charge is 0.256 e. The molecule has 1 N–H and O–H groups in total. The number of anilines is 1. The molecule has 1 aromatic carbocycles. The Balaban J connectivity index is 1.87. The lowest BCUT2D eigenvalue weighted by molar-refractivity contribution is 0.102. The molecule has 1 amide bonds. The van der Waals surface area contributed by atoms with Gasteiger partial charge in [-0.3, -0.25) is 4.79 Å². The second kappa shape index (κ2) is 5.46. The zero-order valence-electron chi connectivity index (χ0n) is 13.2. The molecule has 0 saturated carbocycles. The fourth-order valence-corrected chi connectivity index (χ4v) is 2.13. The third kappa shape index (κ3) is 3.21. The van der Waals surface area contributed by atoms with E-state index in [1.165, 1.54) is 18.2 Å². The number of fused-ring (bicyclic) bond motifs is 1. The van der Waals surface area contributed by atoms with Crippen molar-refractivity contribution in [3.05, 3.63) is 59.7 Å². The van der Waals surface area contributed by atoms with Crippen molar-refractivity contribution in [2.24, 2.45) is 0 Å². The van der Waals surface area contributed by atoms with Gasteiger partial charge in [0.1, 0.15) is 5.82 Å². The van der Waals surface area contributed by atoms with E-state index >= 15 is 0 Å². The second-order valence-electron chi connectivity index (χ2n) is 6.36. The van der Waals surface area contributed by atoms with E-state index in [1.54, 1.807) is 22.7 Å². The number of hydrogen-bond acceptors (Lipinski definition) is 3. The molecule has 0 radical (unpaired) electrons. The summed E-state index contributed by atoms with van der Waals surface area (Å²) in [4.78, 5) is 16.6. The molecule has 23 heavy (non-hydrogen) atoms. The van der Waals surface area contributed by atoms with Gasteiger partial charge in [0, 0.05) is 11.0 Å². The van der Waals surface area contributed by atoms with Crippen LogP contribution in [-0.4, -0.2) is 20.5 Å². The van der Waals surface area contributed by atoms with Crippen LogP contribution in [0.25, 0.3) is 5.65 Å². The van der Waals surface area contributed by atoms with E-state index in [0.717, 1.165) is 5.69 Å². The highest BCUT2D eigenvalue weighted by Gasteiger charge is 2.18. The number of nitrogens with one attached hydrogen (secondary N) is 1. The molecule has 3 rings (SSSR count). The molecule has 0 aliphatic heterocycles. The van der Waals surface area contributed by atoms with Gasteiger partial charge < -0.3 is 5.32 Å².